The average Bonchev–Trinajstić information content (AvgIpc) is 2.00. The number of amides is 1. The van der Waals surface area contributed by atoms with E-state index in [1.807, 2.05) is 0 Å². The fourth-order valence-electron chi connectivity index (χ4n) is 0.955. The Bertz CT molecular complexity index is 134. The van der Waals surface area contributed by atoms with Crippen LogP contribution in [-0.4, -0.2) is 37.5 Å². The summed E-state index contributed by atoms with van der Waals surface area (Å²) in [6.45, 7) is 4.70. The van der Waals surface area contributed by atoms with Gasteiger partial charge in [-0.1, -0.05) is 13.3 Å². The lowest BCUT2D eigenvalue weighted by Gasteiger charge is -2.15. The maximum atomic E-state index is 11.1. The molecule has 1 N–H and O–H groups in total. The van der Waals surface area contributed by atoms with Crippen LogP contribution in [0.1, 0.15) is 26.7 Å². The van der Waals surface area contributed by atoms with Crippen molar-refractivity contribution in [1.29, 1.82) is 0 Å². The molecular weight excluding hydrogens is 152 g/mol. The van der Waals surface area contributed by atoms with Gasteiger partial charge in [-0.05, 0) is 13.3 Å². The largest absolute Gasteiger partial charge is 0.348 e. The molecule has 3 heteroatoms. The fraction of sp³-hybridized carbons (Fsp3) is 0.889. The van der Waals surface area contributed by atoms with Gasteiger partial charge in [0.05, 0.1) is 6.54 Å². The first kappa shape index (κ1) is 11.4. The first-order valence-corrected chi connectivity index (χ1v) is 4.51. The quantitative estimate of drug-likeness (QED) is 0.667. The SMILES string of the molecule is CCC[C@H](C)NCC(=O)N(C)C. The Morgan fingerprint density at radius 2 is 2.08 bits per heavy atom. The molecule has 1 atom stereocenters. The minimum atomic E-state index is 0.137. The molecule has 0 aliphatic carbocycles. The Labute approximate surface area is 75.1 Å². The molecule has 0 saturated carbocycles. The Kier molecular flexibility index (Phi) is 5.72. The van der Waals surface area contributed by atoms with Crippen molar-refractivity contribution in [2.24, 2.45) is 0 Å². The van der Waals surface area contributed by atoms with E-state index in [1.165, 1.54) is 0 Å². The first-order chi connectivity index (χ1) is 5.57. The Morgan fingerprint density at radius 3 is 2.50 bits per heavy atom. The zero-order chi connectivity index (χ0) is 9.56. The summed E-state index contributed by atoms with van der Waals surface area (Å²) in [5.41, 5.74) is 0. The van der Waals surface area contributed by atoms with Crippen molar-refractivity contribution in [2.75, 3.05) is 20.6 Å². The second-order valence-electron chi connectivity index (χ2n) is 3.36. The highest BCUT2D eigenvalue weighted by Crippen LogP contribution is 1.93. The lowest BCUT2D eigenvalue weighted by atomic mass is 10.2. The average molecular weight is 172 g/mol. The van der Waals surface area contributed by atoms with Crippen LogP contribution in [0.15, 0.2) is 0 Å². The van der Waals surface area contributed by atoms with Crippen LogP contribution >= 0.6 is 0 Å². The van der Waals surface area contributed by atoms with Crippen molar-refractivity contribution in [1.82, 2.24) is 10.2 Å². The van der Waals surface area contributed by atoms with Crippen molar-refractivity contribution < 1.29 is 4.79 Å². The molecule has 0 bridgehead atoms. The molecule has 0 fully saturated rings. The Morgan fingerprint density at radius 1 is 1.50 bits per heavy atom. The van der Waals surface area contributed by atoms with Gasteiger partial charge in [0.15, 0.2) is 0 Å². The fourth-order valence-corrected chi connectivity index (χ4v) is 0.955. The molecule has 0 heterocycles. The molecule has 0 aromatic rings. The number of likely N-dealkylation sites (N-methyl/N-ethyl adjacent to an activating group) is 1. The van der Waals surface area contributed by atoms with Crippen molar-refractivity contribution in [3.63, 3.8) is 0 Å². The van der Waals surface area contributed by atoms with E-state index in [0.29, 0.717) is 12.6 Å². The predicted octanol–water partition coefficient (Wildman–Crippen LogP) is 0.853. The summed E-state index contributed by atoms with van der Waals surface area (Å²) in [6, 6.07) is 0.443. The van der Waals surface area contributed by atoms with E-state index in [9.17, 15) is 4.79 Å². The van der Waals surface area contributed by atoms with Crippen LogP contribution < -0.4 is 5.32 Å². The molecule has 0 aromatic carbocycles. The van der Waals surface area contributed by atoms with Gasteiger partial charge in [0.1, 0.15) is 0 Å². The second-order valence-corrected chi connectivity index (χ2v) is 3.36. The minimum absolute atomic E-state index is 0.137. The van der Waals surface area contributed by atoms with Gasteiger partial charge in [0.25, 0.3) is 0 Å². The number of rotatable bonds is 5. The summed E-state index contributed by atoms with van der Waals surface area (Å²) >= 11 is 0. The highest BCUT2D eigenvalue weighted by atomic mass is 16.2. The van der Waals surface area contributed by atoms with E-state index in [4.69, 9.17) is 0 Å². The molecular formula is C9H20N2O. The number of nitrogens with one attached hydrogen (secondary N) is 1. The Balaban J connectivity index is 3.47. The smallest absolute Gasteiger partial charge is 0.236 e. The van der Waals surface area contributed by atoms with E-state index in [2.05, 4.69) is 19.2 Å². The molecule has 0 radical (unpaired) electrons. The van der Waals surface area contributed by atoms with Gasteiger partial charge < -0.3 is 10.2 Å². The molecule has 72 valence electrons. The summed E-state index contributed by atoms with van der Waals surface area (Å²) in [6.07, 6.45) is 2.28. The molecule has 1 amide bonds. The zero-order valence-electron chi connectivity index (χ0n) is 8.55. The highest BCUT2D eigenvalue weighted by molar-refractivity contribution is 5.77. The van der Waals surface area contributed by atoms with Crippen LogP contribution in [-0.2, 0) is 4.79 Å². The molecule has 0 aliphatic rings. The molecule has 0 spiro atoms. The van der Waals surface area contributed by atoms with Crippen LogP contribution in [0.4, 0.5) is 0 Å². The number of carbonyl (C=O) groups is 1. The van der Waals surface area contributed by atoms with Gasteiger partial charge >= 0.3 is 0 Å². The van der Waals surface area contributed by atoms with Gasteiger partial charge in [-0.2, -0.15) is 0 Å². The first-order valence-electron chi connectivity index (χ1n) is 4.51. The van der Waals surface area contributed by atoms with Crippen LogP contribution in [0.25, 0.3) is 0 Å². The van der Waals surface area contributed by atoms with Crippen LogP contribution in [0.3, 0.4) is 0 Å². The summed E-state index contributed by atoms with van der Waals surface area (Å²) in [7, 11) is 3.54. The second kappa shape index (κ2) is 6.00. The van der Waals surface area contributed by atoms with Crippen molar-refractivity contribution in [3.8, 4) is 0 Å². The van der Waals surface area contributed by atoms with Crippen LogP contribution in [0.2, 0.25) is 0 Å². The highest BCUT2D eigenvalue weighted by Gasteiger charge is 2.05. The monoisotopic (exact) mass is 172 g/mol. The lowest BCUT2D eigenvalue weighted by Crippen LogP contribution is -2.37. The van der Waals surface area contributed by atoms with Gasteiger partial charge in [-0.15, -0.1) is 0 Å². The van der Waals surface area contributed by atoms with Crippen LogP contribution in [0.5, 0.6) is 0 Å². The summed E-state index contributed by atoms with van der Waals surface area (Å²) in [5.74, 6) is 0.137. The number of carbonyl (C=O) groups excluding carboxylic acids is 1. The van der Waals surface area contributed by atoms with Crippen molar-refractivity contribution >= 4 is 5.91 Å². The van der Waals surface area contributed by atoms with Crippen LogP contribution in [0, 0.1) is 0 Å². The minimum Gasteiger partial charge on any atom is -0.348 e. The van der Waals surface area contributed by atoms with E-state index >= 15 is 0 Å². The normalized spacial score (nSPS) is 12.7. The van der Waals surface area contributed by atoms with E-state index in [-0.39, 0.29) is 5.91 Å². The molecule has 0 aromatic heterocycles. The zero-order valence-corrected chi connectivity index (χ0v) is 8.55. The molecule has 0 unspecified atom stereocenters. The van der Waals surface area contributed by atoms with Crippen molar-refractivity contribution in [2.45, 2.75) is 32.7 Å². The maximum absolute atomic E-state index is 11.1. The third-order valence-electron chi connectivity index (χ3n) is 1.82. The molecule has 0 rings (SSSR count). The third-order valence-corrected chi connectivity index (χ3v) is 1.82. The number of nitrogens with zero attached hydrogens (tertiary/aromatic N) is 1. The van der Waals surface area contributed by atoms with E-state index in [1.54, 1.807) is 19.0 Å². The molecule has 12 heavy (non-hydrogen) atoms. The third kappa shape index (κ3) is 5.13. The predicted molar refractivity (Wildman–Crippen MR) is 51.1 cm³/mol. The lowest BCUT2D eigenvalue weighted by molar-refractivity contribution is -0.127. The van der Waals surface area contributed by atoms with E-state index in [0.717, 1.165) is 12.8 Å². The molecule has 0 aliphatic heterocycles. The maximum Gasteiger partial charge on any atom is 0.236 e. The summed E-state index contributed by atoms with van der Waals surface area (Å²) in [5, 5.41) is 3.17. The van der Waals surface area contributed by atoms with Gasteiger partial charge in [-0.3, -0.25) is 4.79 Å². The summed E-state index contributed by atoms with van der Waals surface area (Å²) < 4.78 is 0. The molecule has 0 saturated heterocycles. The standard InChI is InChI=1S/C9H20N2O/c1-5-6-8(2)10-7-9(12)11(3)4/h8,10H,5-7H2,1-4H3/t8-/m0/s1. The van der Waals surface area contributed by atoms with Gasteiger partial charge in [0.2, 0.25) is 5.91 Å². The molecule has 3 nitrogen and oxygen atoms in total. The van der Waals surface area contributed by atoms with Gasteiger partial charge in [-0.25, -0.2) is 0 Å². The summed E-state index contributed by atoms with van der Waals surface area (Å²) in [4.78, 5) is 12.7. The van der Waals surface area contributed by atoms with E-state index < -0.39 is 0 Å². The Hall–Kier alpha value is -0.570. The number of hydrogen-bond acceptors (Lipinski definition) is 2. The topological polar surface area (TPSA) is 32.3 Å². The number of hydrogen-bond donors (Lipinski definition) is 1. The van der Waals surface area contributed by atoms with Gasteiger partial charge in [0, 0.05) is 20.1 Å². The van der Waals surface area contributed by atoms with Crippen molar-refractivity contribution in [3.05, 3.63) is 0 Å².